The number of ether oxygens (including phenoxy) is 1. The third-order valence-electron chi connectivity index (χ3n) is 3.95. The van der Waals surface area contributed by atoms with Crippen molar-refractivity contribution in [1.82, 2.24) is 4.98 Å². The number of halogens is 2. The molecule has 146 valence electrons. The molecule has 28 heavy (non-hydrogen) atoms. The second-order valence-corrected chi connectivity index (χ2v) is 6.27. The molecule has 0 fully saturated rings. The van der Waals surface area contributed by atoms with Gasteiger partial charge in [-0.3, -0.25) is 14.5 Å². The van der Waals surface area contributed by atoms with Gasteiger partial charge in [-0.25, -0.2) is 4.39 Å². The van der Waals surface area contributed by atoms with E-state index in [1.54, 1.807) is 6.92 Å². The van der Waals surface area contributed by atoms with Crippen LogP contribution in [0.1, 0.15) is 13.3 Å². The zero-order valence-corrected chi connectivity index (χ0v) is 15.3. The maximum Gasteiger partial charge on any atom is 0.366 e. The van der Waals surface area contributed by atoms with Crippen molar-refractivity contribution in [1.29, 1.82) is 0 Å². The molecule has 0 saturated heterocycles. The highest BCUT2D eigenvalue weighted by Crippen LogP contribution is 2.34. The van der Waals surface area contributed by atoms with Crippen LogP contribution in [0.25, 0.3) is 0 Å². The number of hydrogen-bond acceptors (Lipinski definition) is 6. The van der Waals surface area contributed by atoms with Crippen molar-refractivity contribution in [2.45, 2.75) is 19.4 Å². The number of carbonyl (C=O) groups is 2. The summed E-state index contributed by atoms with van der Waals surface area (Å²) >= 11 is 5.68. The lowest BCUT2D eigenvalue weighted by Gasteiger charge is -2.30. The van der Waals surface area contributed by atoms with Gasteiger partial charge in [-0.05, 0) is 40.6 Å². The average molecular weight is 409 g/mol. The van der Waals surface area contributed by atoms with Crippen molar-refractivity contribution < 1.29 is 23.6 Å². The second-order valence-electron chi connectivity index (χ2n) is 5.86. The largest absolute Gasteiger partial charge is 0.474 e. The number of anilines is 2. The molecule has 1 aliphatic rings. The minimum absolute atomic E-state index is 0.115. The molecule has 2 amide bonds. The van der Waals surface area contributed by atoms with Gasteiger partial charge in [-0.2, -0.15) is 0 Å². The highest BCUT2D eigenvalue weighted by atomic mass is 35.5. The van der Waals surface area contributed by atoms with E-state index in [0.717, 1.165) is 17.0 Å². The normalized spacial score (nSPS) is 15.6. The van der Waals surface area contributed by atoms with E-state index in [1.807, 2.05) is 0 Å². The van der Waals surface area contributed by atoms with E-state index in [1.165, 1.54) is 18.2 Å². The molecule has 3 rings (SSSR count). The summed E-state index contributed by atoms with van der Waals surface area (Å²) in [7, 11) is 0. The summed E-state index contributed by atoms with van der Waals surface area (Å²) in [6.45, 7) is 1.26. The first-order chi connectivity index (χ1) is 13.3. The lowest BCUT2D eigenvalue weighted by molar-refractivity contribution is -0.389. The Balaban J connectivity index is 1.87. The Morgan fingerprint density at radius 3 is 2.82 bits per heavy atom. The van der Waals surface area contributed by atoms with Gasteiger partial charge in [0.05, 0.1) is 5.02 Å². The number of aromatic nitrogens is 1. The second kappa shape index (κ2) is 7.77. The van der Waals surface area contributed by atoms with E-state index in [0.29, 0.717) is 6.42 Å². The van der Waals surface area contributed by atoms with Crippen LogP contribution < -0.4 is 15.0 Å². The first-order valence-corrected chi connectivity index (χ1v) is 8.56. The Morgan fingerprint density at radius 1 is 1.43 bits per heavy atom. The molecule has 0 spiro atoms. The highest BCUT2D eigenvalue weighted by molar-refractivity contribution is 6.31. The molecule has 0 saturated carbocycles. The minimum Gasteiger partial charge on any atom is -0.474 e. The summed E-state index contributed by atoms with van der Waals surface area (Å²) in [5, 5.41) is 13.3. The van der Waals surface area contributed by atoms with E-state index in [4.69, 9.17) is 16.3 Å². The zero-order chi connectivity index (χ0) is 20.4. The van der Waals surface area contributed by atoms with E-state index < -0.39 is 41.0 Å². The number of rotatable bonds is 5. The van der Waals surface area contributed by atoms with E-state index in [-0.39, 0.29) is 22.3 Å². The van der Waals surface area contributed by atoms with Gasteiger partial charge in [0.15, 0.2) is 11.9 Å². The Hall–Kier alpha value is -3.27. The number of nitro groups is 1. The molecule has 1 unspecified atom stereocenters. The molecule has 1 aromatic heterocycles. The van der Waals surface area contributed by atoms with Crippen molar-refractivity contribution in [2.75, 3.05) is 16.8 Å². The third kappa shape index (κ3) is 3.86. The predicted molar refractivity (Wildman–Crippen MR) is 98.0 cm³/mol. The maximum atomic E-state index is 13.2. The number of amides is 2. The molecule has 11 heteroatoms. The van der Waals surface area contributed by atoms with Crippen LogP contribution in [0.2, 0.25) is 5.02 Å². The molecule has 0 bridgehead atoms. The van der Waals surface area contributed by atoms with E-state index in [9.17, 15) is 24.1 Å². The first-order valence-electron chi connectivity index (χ1n) is 8.18. The molecule has 2 heterocycles. The third-order valence-corrected chi connectivity index (χ3v) is 4.24. The van der Waals surface area contributed by atoms with Crippen molar-refractivity contribution in [3.63, 3.8) is 0 Å². The summed E-state index contributed by atoms with van der Waals surface area (Å²) in [6.07, 6.45) is -0.509. The molecule has 1 aromatic carbocycles. The number of carbonyl (C=O) groups excluding carboxylic acids is 2. The van der Waals surface area contributed by atoms with Gasteiger partial charge >= 0.3 is 5.82 Å². The molecule has 9 nitrogen and oxygen atoms in total. The quantitative estimate of drug-likeness (QED) is 0.600. The lowest BCUT2D eigenvalue weighted by Crippen LogP contribution is -2.49. The van der Waals surface area contributed by atoms with Crippen LogP contribution in [0, 0.1) is 15.9 Å². The molecule has 0 aliphatic carbocycles. The van der Waals surface area contributed by atoms with Crippen molar-refractivity contribution >= 4 is 40.7 Å². The predicted octanol–water partition coefficient (Wildman–Crippen LogP) is 2.93. The van der Waals surface area contributed by atoms with Gasteiger partial charge < -0.3 is 20.2 Å². The monoisotopic (exact) mass is 408 g/mol. The molecular weight excluding hydrogens is 395 g/mol. The minimum atomic E-state index is -0.844. The van der Waals surface area contributed by atoms with Gasteiger partial charge in [-0.15, -0.1) is 0 Å². The molecular formula is C17H14ClFN4O5. The van der Waals surface area contributed by atoms with Gasteiger partial charge in [0, 0.05) is 11.8 Å². The lowest BCUT2D eigenvalue weighted by atomic mass is 10.2. The molecule has 2 aromatic rings. The first kappa shape index (κ1) is 19.5. The van der Waals surface area contributed by atoms with Gasteiger partial charge in [-0.1, -0.05) is 18.5 Å². The van der Waals surface area contributed by atoms with Gasteiger partial charge in [0.2, 0.25) is 5.91 Å². The van der Waals surface area contributed by atoms with E-state index >= 15 is 0 Å². The van der Waals surface area contributed by atoms with Crippen molar-refractivity contribution in [3.8, 4) is 5.75 Å². The summed E-state index contributed by atoms with van der Waals surface area (Å²) < 4.78 is 18.8. The van der Waals surface area contributed by atoms with E-state index in [2.05, 4.69) is 10.3 Å². The van der Waals surface area contributed by atoms with Crippen molar-refractivity contribution in [2.24, 2.45) is 0 Å². The number of hydrogen-bond donors (Lipinski definition) is 1. The molecule has 1 N–H and O–H groups in total. The number of nitrogens with one attached hydrogen (secondary N) is 1. The summed E-state index contributed by atoms with van der Waals surface area (Å²) in [4.78, 5) is 40.2. The summed E-state index contributed by atoms with van der Waals surface area (Å²) in [6, 6.07) is 6.11. The van der Waals surface area contributed by atoms with Crippen LogP contribution in [-0.4, -0.2) is 34.4 Å². The number of fused-ring (bicyclic) bond motifs is 1. The van der Waals surface area contributed by atoms with Gasteiger partial charge in [0.25, 0.3) is 11.7 Å². The standard InChI is InChI=1S/C17H14ClFN4O5/c1-2-12-17(25)22(16-13(28-12)5-6-14(21-16)23(26)27)8-15(24)20-9-3-4-11(19)10(18)7-9/h3-7,12H,2,8H2,1H3,(H,20,24). The fourth-order valence-corrected chi connectivity index (χ4v) is 2.80. The van der Waals surface area contributed by atoms with Crippen molar-refractivity contribution in [3.05, 3.63) is 51.3 Å². The van der Waals surface area contributed by atoms with Crippen LogP contribution in [0.4, 0.5) is 21.7 Å². The Morgan fingerprint density at radius 2 is 2.18 bits per heavy atom. The molecule has 0 radical (unpaired) electrons. The smallest absolute Gasteiger partial charge is 0.366 e. The maximum absolute atomic E-state index is 13.2. The van der Waals surface area contributed by atoms with Crippen LogP contribution in [-0.2, 0) is 9.59 Å². The fourth-order valence-electron chi connectivity index (χ4n) is 2.62. The van der Waals surface area contributed by atoms with Gasteiger partial charge in [0.1, 0.15) is 12.4 Å². The Bertz CT molecular complexity index is 971. The Kier molecular flexibility index (Phi) is 5.41. The molecule has 1 atom stereocenters. The fraction of sp³-hybridized carbons (Fsp3) is 0.235. The molecule has 1 aliphatic heterocycles. The number of pyridine rings is 1. The van der Waals surface area contributed by atoms with Crippen LogP contribution in [0.5, 0.6) is 5.75 Å². The van der Waals surface area contributed by atoms with Crippen LogP contribution in [0.3, 0.4) is 0 Å². The zero-order valence-electron chi connectivity index (χ0n) is 14.5. The topological polar surface area (TPSA) is 115 Å². The number of nitrogens with zero attached hydrogens (tertiary/aromatic N) is 3. The highest BCUT2D eigenvalue weighted by Gasteiger charge is 2.39. The average Bonchev–Trinajstić information content (AvgIpc) is 2.66. The summed E-state index contributed by atoms with van der Waals surface area (Å²) in [5.74, 6) is -2.24. The summed E-state index contributed by atoms with van der Waals surface area (Å²) in [5.41, 5.74) is 0.233. The SMILES string of the molecule is CCC1Oc2ccc([N+](=O)[O-])nc2N(CC(=O)Nc2ccc(F)c(Cl)c2)C1=O. The Labute approximate surface area is 163 Å². The van der Waals surface area contributed by atoms with Crippen LogP contribution >= 0.6 is 11.6 Å². The number of benzene rings is 1. The van der Waals surface area contributed by atoms with Crippen LogP contribution in [0.15, 0.2) is 30.3 Å².